The van der Waals surface area contributed by atoms with Gasteiger partial charge in [0.15, 0.2) is 18.1 Å². The highest BCUT2D eigenvalue weighted by Crippen LogP contribution is 2.30. The Morgan fingerprint density at radius 3 is 2.81 bits per heavy atom. The monoisotopic (exact) mass is 423 g/mol. The van der Waals surface area contributed by atoms with Crippen LogP contribution in [0, 0.1) is 10.1 Å². The van der Waals surface area contributed by atoms with Gasteiger partial charge in [0.25, 0.3) is 11.6 Å². The van der Waals surface area contributed by atoms with Gasteiger partial charge in [0.05, 0.1) is 18.2 Å². The maximum Gasteiger partial charge on any atom is 0.277 e. The van der Waals surface area contributed by atoms with Crippen molar-refractivity contribution >= 4 is 33.7 Å². The number of carbonyl (C=O) groups excluding carboxylic acids is 1. The molecule has 0 atom stereocenters. The van der Waals surface area contributed by atoms with E-state index >= 15 is 0 Å². The summed E-state index contributed by atoms with van der Waals surface area (Å²) in [5, 5.41) is 24.0. The number of benzene rings is 2. The third kappa shape index (κ3) is 5.18. The first kappa shape index (κ1) is 19.2. The molecular formula is C16H14BrN3O6. The Hall–Kier alpha value is -3.14. The third-order valence-electron chi connectivity index (χ3n) is 3.10. The molecule has 136 valence electrons. The Bertz CT molecular complexity index is 856. The molecule has 0 fully saturated rings. The summed E-state index contributed by atoms with van der Waals surface area (Å²) in [5.74, 6) is 0.0731. The fraction of sp³-hybridized carbons (Fsp3) is 0.125. The van der Waals surface area contributed by atoms with Gasteiger partial charge < -0.3 is 14.6 Å². The zero-order chi connectivity index (χ0) is 19.1. The minimum atomic E-state index is -0.602. The van der Waals surface area contributed by atoms with Crippen LogP contribution in [0.25, 0.3) is 0 Å². The normalized spacial score (nSPS) is 10.5. The maximum atomic E-state index is 11.8. The van der Waals surface area contributed by atoms with Crippen molar-refractivity contribution in [1.29, 1.82) is 0 Å². The highest BCUT2D eigenvalue weighted by atomic mass is 79.9. The first-order valence-electron chi connectivity index (χ1n) is 7.16. The van der Waals surface area contributed by atoms with Crippen LogP contribution in [0.4, 0.5) is 5.69 Å². The van der Waals surface area contributed by atoms with Crippen LogP contribution in [-0.4, -0.2) is 35.9 Å². The Labute approximate surface area is 156 Å². The number of nitrogens with one attached hydrogen (secondary N) is 1. The fourth-order valence-corrected chi connectivity index (χ4v) is 2.21. The first-order chi connectivity index (χ1) is 12.4. The van der Waals surface area contributed by atoms with E-state index in [1.54, 1.807) is 18.2 Å². The van der Waals surface area contributed by atoms with Crippen molar-refractivity contribution in [3.8, 4) is 17.2 Å². The Morgan fingerprint density at radius 1 is 1.35 bits per heavy atom. The maximum absolute atomic E-state index is 11.8. The second-order valence-corrected chi connectivity index (χ2v) is 5.79. The molecule has 1 amide bonds. The minimum absolute atomic E-state index is 0.0926. The molecule has 0 saturated carbocycles. The Morgan fingerprint density at radius 2 is 2.12 bits per heavy atom. The van der Waals surface area contributed by atoms with E-state index in [1.165, 1.54) is 13.2 Å². The number of phenols is 1. The summed E-state index contributed by atoms with van der Waals surface area (Å²) in [7, 11) is 1.48. The molecule has 0 aromatic heterocycles. The number of hydrogen-bond donors (Lipinski definition) is 2. The van der Waals surface area contributed by atoms with Gasteiger partial charge in [-0.05, 0) is 24.3 Å². The van der Waals surface area contributed by atoms with E-state index in [4.69, 9.17) is 9.47 Å². The average molecular weight is 424 g/mol. The van der Waals surface area contributed by atoms with Crippen molar-refractivity contribution in [1.82, 2.24) is 5.43 Å². The molecule has 0 radical (unpaired) electrons. The van der Waals surface area contributed by atoms with Crippen LogP contribution >= 0.6 is 15.9 Å². The van der Waals surface area contributed by atoms with Crippen LogP contribution in [0.3, 0.4) is 0 Å². The number of rotatable bonds is 7. The molecule has 0 aliphatic heterocycles. The average Bonchev–Trinajstić information content (AvgIpc) is 2.61. The number of amides is 1. The molecule has 9 nitrogen and oxygen atoms in total. The Kier molecular flexibility index (Phi) is 6.50. The number of ether oxygens (including phenoxy) is 2. The highest BCUT2D eigenvalue weighted by molar-refractivity contribution is 9.10. The van der Waals surface area contributed by atoms with E-state index in [0.29, 0.717) is 11.5 Å². The molecule has 2 aromatic carbocycles. The van der Waals surface area contributed by atoms with Crippen molar-refractivity contribution in [3.05, 3.63) is 56.5 Å². The second kappa shape index (κ2) is 8.81. The number of nitro groups is 1. The third-order valence-corrected chi connectivity index (χ3v) is 3.59. The smallest absolute Gasteiger partial charge is 0.277 e. The number of phenolic OH excluding ortho intramolecular Hbond substituents is 1. The van der Waals surface area contributed by atoms with Gasteiger partial charge in [-0.25, -0.2) is 5.43 Å². The van der Waals surface area contributed by atoms with Crippen LogP contribution in [0.5, 0.6) is 17.2 Å². The summed E-state index contributed by atoms with van der Waals surface area (Å²) in [6.45, 7) is -0.323. The summed E-state index contributed by atoms with van der Waals surface area (Å²) >= 11 is 3.30. The van der Waals surface area contributed by atoms with Gasteiger partial charge in [-0.15, -0.1) is 0 Å². The van der Waals surface area contributed by atoms with Crippen molar-refractivity contribution in [2.24, 2.45) is 5.10 Å². The standard InChI is InChI=1S/C16H14BrN3O6/c1-25-15-7-11(17)2-5-14(15)26-9-16(22)19-18-8-10-6-12(20(23)24)3-4-13(10)21/h2-8,21H,9H2,1H3,(H,19,22). The van der Waals surface area contributed by atoms with Crippen LogP contribution in [0.1, 0.15) is 5.56 Å². The van der Waals surface area contributed by atoms with Gasteiger partial charge in [0.2, 0.25) is 0 Å². The second-order valence-electron chi connectivity index (χ2n) is 4.88. The molecule has 0 heterocycles. The van der Waals surface area contributed by atoms with Gasteiger partial charge in [0.1, 0.15) is 5.75 Å². The number of carbonyl (C=O) groups is 1. The number of hydrogen-bond acceptors (Lipinski definition) is 7. The number of nitrogens with zero attached hydrogens (tertiary/aromatic N) is 2. The summed E-state index contributed by atoms with van der Waals surface area (Å²) in [5.41, 5.74) is 2.09. The van der Waals surface area contributed by atoms with E-state index in [0.717, 1.165) is 22.8 Å². The lowest BCUT2D eigenvalue weighted by Gasteiger charge is -2.10. The fourth-order valence-electron chi connectivity index (χ4n) is 1.87. The molecule has 0 bridgehead atoms. The molecule has 0 saturated heterocycles. The van der Waals surface area contributed by atoms with Crippen molar-refractivity contribution < 1.29 is 24.3 Å². The molecule has 2 aromatic rings. The van der Waals surface area contributed by atoms with Crippen LogP contribution in [0.2, 0.25) is 0 Å². The zero-order valence-electron chi connectivity index (χ0n) is 13.5. The largest absolute Gasteiger partial charge is 0.507 e. The number of methoxy groups -OCH3 is 1. The van der Waals surface area contributed by atoms with E-state index in [2.05, 4.69) is 26.5 Å². The number of hydrazone groups is 1. The number of nitro benzene ring substituents is 1. The molecule has 2 N–H and O–H groups in total. The van der Waals surface area contributed by atoms with Crippen molar-refractivity contribution in [2.75, 3.05) is 13.7 Å². The highest BCUT2D eigenvalue weighted by Gasteiger charge is 2.10. The van der Waals surface area contributed by atoms with E-state index in [9.17, 15) is 20.0 Å². The van der Waals surface area contributed by atoms with Crippen LogP contribution in [-0.2, 0) is 4.79 Å². The molecule has 0 aliphatic carbocycles. The molecular weight excluding hydrogens is 410 g/mol. The topological polar surface area (TPSA) is 123 Å². The number of aromatic hydroxyl groups is 1. The van der Waals surface area contributed by atoms with Gasteiger partial charge in [-0.1, -0.05) is 15.9 Å². The SMILES string of the molecule is COc1cc(Br)ccc1OCC(=O)NN=Cc1cc([N+](=O)[O-])ccc1O. The lowest BCUT2D eigenvalue weighted by Crippen LogP contribution is -2.24. The molecule has 10 heteroatoms. The van der Waals surface area contributed by atoms with Crippen LogP contribution < -0.4 is 14.9 Å². The lowest BCUT2D eigenvalue weighted by molar-refractivity contribution is -0.384. The van der Waals surface area contributed by atoms with Gasteiger partial charge in [-0.3, -0.25) is 14.9 Å². The summed E-state index contributed by atoms with van der Waals surface area (Å²) in [6.07, 6.45) is 1.10. The van der Waals surface area contributed by atoms with Crippen molar-refractivity contribution in [2.45, 2.75) is 0 Å². The predicted molar refractivity (Wildman–Crippen MR) is 96.7 cm³/mol. The molecule has 2 rings (SSSR count). The quantitative estimate of drug-likeness (QED) is 0.400. The number of non-ortho nitro benzene ring substituents is 1. The molecule has 26 heavy (non-hydrogen) atoms. The first-order valence-corrected chi connectivity index (χ1v) is 7.95. The number of halogens is 1. The minimum Gasteiger partial charge on any atom is -0.507 e. The van der Waals surface area contributed by atoms with E-state index in [1.807, 2.05) is 0 Å². The Balaban J connectivity index is 1.94. The van der Waals surface area contributed by atoms with E-state index < -0.39 is 10.8 Å². The summed E-state index contributed by atoms with van der Waals surface area (Å²) in [6, 6.07) is 8.53. The zero-order valence-corrected chi connectivity index (χ0v) is 15.1. The summed E-state index contributed by atoms with van der Waals surface area (Å²) in [4.78, 5) is 21.9. The van der Waals surface area contributed by atoms with Crippen LogP contribution in [0.15, 0.2) is 46.0 Å². The van der Waals surface area contributed by atoms with Crippen molar-refractivity contribution in [3.63, 3.8) is 0 Å². The van der Waals surface area contributed by atoms with E-state index in [-0.39, 0.29) is 23.6 Å². The molecule has 0 unspecified atom stereocenters. The van der Waals surface area contributed by atoms with Gasteiger partial charge in [0, 0.05) is 22.2 Å². The predicted octanol–water partition coefficient (Wildman–Crippen LogP) is 2.60. The van der Waals surface area contributed by atoms with Gasteiger partial charge in [-0.2, -0.15) is 5.10 Å². The van der Waals surface area contributed by atoms with Gasteiger partial charge >= 0.3 is 0 Å². The lowest BCUT2D eigenvalue weighted by atomic mass is 10.2. The molecule has 0 aliphatic rings. The summed E-state index contributed by atoms with van der Waals surface area (Å²) < 4.78 is 11.3. The molecule has 0 spiro atoms.